The van der Waals surface area contributed by atoms with Crippen LogP contribution in [0.25, 0.3) is 11.3 Å². The first-order chi connectivity index (χ1) is 14.6. The lowest BCUT2D eigenvalue weighted by Gasteiger charge is -2.34. The average molecular weight is 426 g/mol. The molecule has 156 valence electrons. The van der Waals surface area contributed by atoms with E-state index in [9.17, 15) is 9.18 Å². The second-order valence-electron chi connectivity index (χ2n) is 7.32. The van der Waals surface area contributed by atoms with Gasteiger partial charge in [-0.05, 0) is 42.0 Å². The summed E-state index contributed by atoms with van der Waals surface area (Å²) >= 11 is 1.66. The highest BCUT2D eigenvalue weighted by atomic mass is 32.1. The molecule has 1 aromatic heterocycles. The number of hydrogen-bond donors (Lipinski definition) is 0. The number of halogens is 1. The monoisotopic (exact) mass is 425 g/mol. The molecule has 0 spiro atoms. The number of carbonyl (C=O) groups excluding carboxylic acids is 1. The maximum atomic E-state index is 13.0. The molecular formula is C23H24FN3O2S. The third-order valence-corrected chi connectivity index (χ3v) is 6.12. The van der Waals surface area contributed by atoms with Crippen LogP contribution in [0.1, 0.15) is 10.6 Å². The Morgan fingerprint density at radius 1 is 1.07 bits per heavy atom. The van der Waals surface area contributed by atoms with Crippen molar-refractivity contribution in [1.29, 1.82) is 0 Å². The van der Waals surface area contributed by atoms with Crippen molar-refractivity contribution >= 4 is 17.2 Å². The number of piperazine rings is 1. The highest BCUT2D eigenvalue weighted by Gasteiger charge is 2.22. The molecule has 0 saturated carbocycles. The van der Waals surface area contributed by atoms with E-state index in [0.29, 0.717) is 19.5 Å². The molecule has 3 aromatic rings. The Morgan fingerprint density at radius 3 is 2.43 bits per heavy atom. The van der Waals surface area contributed by atoms with Gasteiger partial charge in [-0.1, -0.05) is 12.1 Å². The van der Waals surface area contributed by atoms with Crippen LogP contribution in [0.15, 0.2) is 53.9 Å². The Bertz CT molecular complexity index is 980. The topological polar surface area (TPSA) is 45.7 Å². The van der Waals surface area contributed by atoms with Crippen molar-refractivity contribution in [2.75, 3.05) is 33.3 Å². The number of ether oxygens (including phenoxy) is 1. The summed E-state index contributed by atoms with van der Waals surface area (Å²) in [5.74, 6) is 0.649. The van der Waals surface area contributed by atoms with Crippen LogP contribution in [0, 0.1) is 5.82 Å². The molecule has 0 N–H and O–H groups in total. The minimum atomic E-state index is -0.280. The van der Waals surface area contributed by atoms with Gasteiger partial charge in [-0.2, -0.15) is 0 Å². The van der Waals surface area contributed by atoms with Gasteiger partial charge in [-0.15, -0.1) is 11.3 Å². The first kappa shape index (κ1) is 20.5. The molecule has 5 nitrogen and oxygen atoms in total. The second kappa shape index (κ2) is 9.36. The molecular weight excluding hydrogens is 401 g/mol. The minimum Gasteiger partial charge on any atom is -0.497 e. The Morgan fingerprint density at radius 2 is 1.77 bits per heavy atom. The molecule has 4 rings (SSSR count). The summed E-state index contributed by atoms with van der Waals surface area (Å²) < 4.78 is 18.2. The molecule has 0 bridgehead atoms. The van der Waals surface area contributed by atoms with E-state index in [1.54, 1.807) is 30.6 Å². The van der Waals surface area contributed by atoms with Crippen LogP contribution in [0.2, 0.25) is 0 Å². The molecule has 2 aromatic carbocycles. The molecule has 0 unspecified atom stereocenters. The van der Waals surface area contributed by atoms with Gasteiger partial charge < -0.3 is 9.64 Å². The van der Waals surface area contributed by atoms with Gasteiger partial charge >= 0.3 is 0 Å². The summed E-state index contributed by atoms with van der Waals surface area (Å²) in [5.41, 5.74) is 2.90. The first-order valence-corrected chi connectivity index (χ1v) is 10.8. The molecule has 0 atom stereocenters. The van der Waals surface area contributed by atoms with E-state index in [2.05, 4.69) is 10.3 Å². The van der Waals surface area contributed by atoms with Crippen LogP contribution in [-0.2, 0) is 17.8 Å². The number of rotatable bonds is 6. The zero-order valence-corrected chi connectivity index (χ0v) is 17.7. The van der Waals surface area contributed by atoms with Gasteiger partial charge in [0.2, 0.25) is 5.91 Å². The number of nitrogens with zero attached hydrogens (tertiary/aromatic N) is 3. The van der Waals surface area contributed by atoms with Gasteiger partial charge in [0.1, 0.15) is 16.6 Å². The molecule has 1 amide bonds. The lowest BCUT2D eigenvalue weighted by Crippen LogP contribution is -2.48. The summed E-state index contributed by atoms with van der Waals surface area (Å²) in [7, 11) is 1.66. The number of thiazole rings is 1. The predicted octanol–water partition coefficient (Wildman–Crippen LogP) is 3.84. The quantitative estimate of drug-likeness (QED) is 0.602. The Labute approximate surface area is 179 Å². The first-order valence-electron chi connectivity index (χ1n) is 9.94. The summed E-state index contributed by atoms with van der Waals surface area (Å²) in [6, 6.07) is 14.1. The summed E-state index contributed by atoms with van der Waals surface area (Å²) in [4.78, 5) is 21.5. The van der Waals surface area contributed by atoms with Gasteiger partial charge in [0.25, 0.3) is 0 Å². The van der Waals surface area contributed by atoms with E-state index in [4.69, 9.17) is 9.72 Å². The zero-order chi connectivity index (χ0) is 20.9. The molecule has 1 fully saturated rings. The molecule has 30 heavy (non-hydrogen) atoms. The molecule has 7 heteroatoms. The normalized spacial score (nSPS) is 14.7. The second-order valence-corrected chi connectivity index (χ2v) is 8.26. The molecule has 1 aliphatic heterocycles. The molecule has 2 heterocycles. The van der Waals surface area contributed by atoms with Gasteiger partial charge in [-0.3, -0.25) is 9.69 Å². The van der Waals surface area contributed by atoms with Crippen molar-refractivity contribution in [3.63, 3.8) is 0 Å². The molecule has 1 aliphatic rings. The van der Waals surface area contributed by atoms with Gasteiger partial charge in [-0.25, -0.2) is 9.37 Å². The number of benzene rings is 2. The van der Waals surface area contributed by atoms with Crippen molar-refractivity contribution in [1.82, 2.24) is 14.8 Å². The molecule has 0 radical (unpaired) electrons. The Balaban J connectivity index is 1.28. The van der Waals surface area contributed by atoms with Crippen LogP contribution in [-0.4, -0.2) is 54.0 Å². The number of amides is 1. The van der Waals surface area contributed by atoms with Crippen molar-refractivity contribution in [2.24, 2.45) is 0 Å². The number of hydrogen-bond acceptors (Lipinski definition) is 5. The number of carbonyl (C=O) groups is 1. The Hall–Kier alpha value is -2.77. The fourth-order valence-corrected chi connectivity index (χ4v) is 4.36. The largest absolute Gasteiger partial charge is 0.497 e. The maximum absolute atomic E-state index is 13.0. The van der Waals surface area contributed by atoms with E-state index in [0.717, 1.165) is 47.2 Å². The van der Waals surface area contributed by atoms with Crippen LogP contribution < -0.4 is 4.74 Å². The number of aromatic nitrogens is 1. The van der Waals surface area contributed by atoms with E-state index in [1.165, 1.54) is 12.1 Å². The van der Waals surface area contributed by atoms with Crippen molar-refractivity contribution in [3.8, 4) is 17.0 Å². The Kier molecular flexibility index (Phi) is 6.40. The fraction of sp³-hybridized carbons (Fsp3) is 0.304. The minimum absolute atomic E-state index is 0.0947. The summed E-state index contributed by atoms with van der Waals surface area (Å²) in [5, 5.41) is 3.16. The lowest BCUT2D eigenvalue weighted by atomic mass is 10.1. The average Bonchev–Trinajstić information content (AvgIpc) is 3.24. The predicted molar refractivity (Wildman–Crippen MR) is 116 cm³/mol. The van der Waals surface area contributed by atoms with Gasteiger partial charge in [0.05, 0.1) is 25.8 Å². The number of methoxy groups -OCH3 is 1. The summed E-state index contributed by atoms with van der Waals surface area (Å²) in [6.07, 6.45) is 0.317. The third kappa shape index (κ3) is 5.04. The third-order valence-electron chi connectivity index (χ3n) is 5.29. The van der Waals surface area contributed by atoms with Crippen molar-refractivity contribution in [2.45, 2.75) is 13.0 Å². The van der Waals surface area contributed by atoms with E-state index >= 15 is 0 Å². The SMILES string of the molecule is COc1ccc(-c2csc(CN3CCN(C(=O)Cc4ccc(F)cc4)CC3)n2)cc1. The van der Waals surface area contributed by atoms with Gasteiger partial charge in [0.15, 0.2) is 0 Å². The van der Waals surface area contributed by atoms with Gasteiger partial charge in [0, 0.05) is 37.1 Å². The molecule has 0 aliphatic carbocycles. The molecule has 1 saturated heterocycles. The smallest absolute Gasteiger partial charge is 0.227 e. The van der Waals surface area contributed by atoms with Crippen LogP contribution in [0.4, 0.5) is 4.39 Å². The fourth-order valence-electron chi connectivity index (χ4n) is 3.51. The maximum Gasteiger partial charge on any atom is 0.227 e. The zero-order valence-electron chi connectivity index (χ0n) is 16.9. The van der Waals surface area contributed by atoms with Crippen LogP contribution in [0.5, 0.6) is 5.75 Å². The standard InChI is InChI=1S/C23H24FN3O2S/c1-29-20-8-4-18(5-9-20)21-16-30-22(25-21)15-26-10-12-27(13-11-26)23(28)14-17-2-6-19(24)7-3-17/h2-9,16H,10-15H2,1H3. The van der Waals surface area contributed by atoms with Crippen LogP contribution in [0.3, 0.4) is 0 Å². The summed E-state index contributed by atoms with van der Waals surface area (Å²) in [6.45, 7) is 3.85. The lowest BCUT2D eigenvalue weighted by molar-refractivity contribution is -0.132. The van der Waals surface area contributed by atoms with E-state index < -0.39 is 0 Å². The highest BCUT2D eigenvalue weighted by molar-refractivity contribution is 7.09. The van der Waals surface area contributed by atoms with Crippen molar-refractivity contribution < 1.29 is 13.9 Å². The van der Waals surface area contributed by atoms with E-state index in [1.807, 2.05) is 29.2 Å². The highest BCUT2D eigenvalue weighted by Crippen LogP contribution is 2.25. The van der Waals surface area contributed by atoms with E-state index in [-0.39, 0.29) is 11.7 Å². The van der Waals surface area contributed by atoms with Crippen LogP contribution >= 0.6 is 11.3 Å². The van der Waals surface area contributed by atoms with Crippen molar-refractivity contribution in [3.05, 3.63) is 70.3 Å².